The number of halogens is 2. The molecule has 0 saturated heterocycles. The third-order valence-electron chi connectivity index (χ3n) is 11.7. The summed E-state index contributed by atoms with van der Waals surface area (Å²) in [6, 6.07) is 26.6. The minimum absolute atomic E-state index is 0.0491. The van der Waals surface area contributed by atoms with Gasteiger partial charge in [0.15, 0.2) is 0 Å². The Morgan fingerprint density at radius 3 is 1.84 bits per heavy atom. The zero-order valence-corrected chi connectivity index (χ0v) is 39.3. The van der Waals surface area contributed by atoms with Gasteiger partial charge in [0.25, 0.3) is 0 Å². The maximum absolute atomic E-state index is 13.1. The van der Waals surface area contributed by atoms with Gasteiger partial charge in [-0.15, -0.1) is 22.7 Å². The van der Waals surface area contributed by atoms with E-state index in [2.05, 4.69) is 77.5 Å². The molecule has 0 radical (unpaired) electrons. The van der Waals surface area contributed by atoms with Crippen molar-refractivity contribution in [3.05, 3.63) is 163 Å². The van der Waals surface area contributed by atoms with Crippen LogP contribution in [0.3, 0.4) is 0 Å². The van der Waals surface area contributed by atoms with Crippen molar-refractivity contribution in [2.45, 2.75) is 31.5 Å². The van der Waals surface area contributed by atoms with E-state index >= 15 is 0 Å². The van der Waals surface area contributed by atoms with Crippen LogP contribution in [-0.2, 0) is 29.2 Å². The average Bonchev–Trinajstić information content (AvgIpc) is 3.88. The molecule has 0 aliphatic carbocycles. The number of fused-ring (bicyclic) bond motifs is 2. The number of hydrogen-bond acceptors (Lipinski definition) is 10. The highest BCUT2D eigenvalue weighted by Gasteiger charge is 2.34. The van der Waals surface area contributed by atoms with Crippen molar-refractivity contribution >= 4 is 57.7 Å². The van der Waals surface area contributed by atoms with Crippen LogP contribution in [0.25, 0.3) is 22.3 Å². The largest absolute Gasteiger partial charge is 0.476 e. The molecule has 0 saturated carbocycles. The molecule has 6 aromatic rings. The van der Waals surface area contributed by atoms with Gasteiger partial charge in [-0.2, -0.15) is 0 Å². The van der Waals surface area contributed by atoms with Gasteiger partial charge in [-0.05, 0) is 96.5 Å². The zero-order valence-electron chi connectivity index (χ0n) is 36.1. The smallest absolute Gasteiger partial charge is 0.246 e. The fourth-order valence-corrected chi connectivity index (χ4v) is 11.3. The van der Waals surface area contributed by atoms with Crippen LogP contribution < -0.4 is 9.47 Å². The number of pyridine rings is 2. The predicted octanol–water partition coefficient (Wildman–Crippen LogP) is 10.0. The number of carbonyl (C=O) groups is 2. The Labute approximate surface area is 393 Å². The Morgan fingerprint density at radius 1 is 0.719 bits per heavy atom. The highest BCUT2D eigenvalue weighted by atomic mass is 35.5. The van der Waals surface area contributed by atoms with Crippen LogP contribution in [0.5, 0.6) is 11.8 Å². The highest BCUT2D eigenvalue weighted by Crippen LogP contribution is 2.45. The van der Waals surface area contributed by atoms with Crippen molar-refractivity contribution in [3.8, 4) is 34.0 Å². The lowest BCUT2D eigenvalue weighted by atomic mass is 9.81. The number of amides is 2. The lowest BCUT2D eigenvalue weighted by Crippen LogP contribution is -2.37. The molecule has 2 aliphatic rings. The SMILES string of the molecule is C=CC(=O)N1Cc2sc(Cl)cc2[C@@H](c2ccccc2-c2ccc(OCCN(C)Cc3cccc(-c4ccc(OCCN(C)C)nc4)c3[C@H]3CN(C(=O)C=C)Cc4sc(Cl)cc43)nc2)C1. The second-order valence-corrected chi connectivity index (χ2v) is 19.8. The summed E-state index contributed by atoms with van der Waals surface area (Å²) in [4.78, 5) is 45.5. The molecule has 14 heteroatoms. The topological polar surface area (TPSA) is 91.3 Å². The van der Waals surface area contributed by atoms with E-state index in [4.69, 9.17) is 37.7 Å². The molecule has 6 heterocycles. The number of hydrogen-bond donors (Lipinski definition) is 0. The molecule has 0 spiro atoms. The molecule has 64 heavy (non-hydrogen) atoms. The molecule has 2 atom stereocenters. The minimum atomic E-state index is -0.132. The first-order chi connectivity index (χ1) is 31.0. The van der Waals surface area contributed by atoms with E-state index in [-0.39, 0.29) is 23.7 Å². The fourth-order valence-electron chi connectivity index (χ4n) is 8.61. The number of carbonyl (C=O) groups excluding carboxylic acids is 2. The highest BCUT2D eigenvalue weighted by molar-refractivity contribution is 7.16. The summed E-state index contributed by atoms with van der Waals surface area (Å²) in [7, 11) is 6.10. The van der Waals surface area contributed by atoms with Crippen LogP contribution in [0.2, 0.25) is 8.67 Å². The number of aromatic nitrogens is 2. The summed E-state index contributed by atoms with van der Waals surface area (Å²) >= 11 is 16.2. The van der Waals surface area contributed by atoms with Gasteiger partial charge >= 0.3 is 0 Å². The molecule has 2 amide bonds. The summed E-state index contributed by atoms with van der Waals surface area (Å²) in [6.07, 6.45) is 6.47. The minimum Gasteiger partial charge on any atom is -0.476 e. The van der Waals surface area contributed by atoms with Crippen LogP contribution >= 0.6 is 45.9 Å². The number of rotatable bonds is 16. The van der Waals surface area contributed by atoms with Crippen molar-refractivity contribution < 1.29 is 19.1 Å². The normalized spacial score (nSPS) is 15.8. The molecule has 8 rings (SSSR count). The quantitative estimate of drug-likeness (QED) is 0.0887. The second kappa shape index (κ2) is 20.2. The molecular weight excluding hydrogens is 884 g/mol. The van der Waals surface area contributed by atoms with Gasteiger partial charge in [-0.3, -0.25) is 14.5 Å². The number of ether oxygens (including phenoxy) is 2. The molecule has 2 aliphatic heterocycles. The number of thiophene rings is 2. The van der Waals surface area contributed by atoms with E-state index < -0.39 is 0 Å². The van der Waals surface area contributed by atoms with Gasteiger partial charge in [-0.25, -0.2) is 9.97 Å². The molecule has 330 valence electrons. The van der Waals surface area contributed by atoms with Gasteiger partial charge in [0.05, 0.1) is 21.8 Å². The van der Waals surface area contributed by atoms with Gasteiger partial charge in [0, 0.05) is 90.0 Å². The molecule has 10 nitrogen and oxygen atoms in total. The second-order valence-electron chi connectivity index (χ2n) is 16.3. The van der Waals surface area contributed by atoms with E-state index in [1.807, 2.05) is 72.7 Å². The molecule has 4 aromatic heterocycles. The van der Waals surface area contributed by atoms with E-state index in [0.717, 1.165) is 66.4 Å². The average molecular weight is 934 g/mol. The molecule has 0 unspecified atom stereocenters. The predicted molar refractivity (Wildman–Crippen MR) is 259 cm³/mol. The summed E-state index contributed by atoms with van der Waals surface area (Å²) in [5, 5.41) is 0. The van der Waals surface area contributed by atoms with Crippen molar-refractivity contribution in [1.29, 1.82) is 0 Å². The van der Waals surface area contributed by atoms with E-state index in [9.17, 15) is 9.59 Å². The zero-order chi connectivity index (χ0) is 44.9. The van der Waals surface area contributed by atoms with E-state index in [1.165, 1.54) is 34.8 Å². The van der Waals surface area contributed by atoms with Crippen LogP contribution in [0, 0.1) is 0 Å². The van der Waals surface area contributed by atoms with Gasteiger partial charge < -0.3 is 24.2 Å². The van der Waals surface area contributed by atoms with Crippen LogP contribution in [0.1, 0.15) is 49.4 Å². The molecule has 2 aromatic carbocycles. The van der Waals surface area contributed by atoms with Crippen molar-refractivity contribution in [2.24, 2.45) is 0 Å². The Hall–Kier alpha value is -5.34. The Kier molecular flexibility index (Phi) is 14.3. The third-order valence-corrected chi connectivity index (χ3v) is 14.3. The van der Waals surface area contributed by atoms with Crippen molar-refractivity contribution in [3.63, 3.8) is 0 Å². The van der Waals surface area contributed by atoms with Gasteiger partial charge in [0.1, 0.15) is 13.2 Å². The summed E-state index contributed by atoms with van der Waals surface area (Å²) in [5.74, 6) is 0.713. The Balaban J connectivity index is 0.998. The summed E-state index contributed by atoms with van der Waals surface area (Å²) in [5.41, 5.74) is 9.64. The first kappa shape index (κ1) is 45.2. The number of likely N-dealkylation sites (N-methyl/N-ethyl adjacent to an activating group) is 2. The maximum Gasteiger partial charge on any atom is 0.246 e. The lowest BCUT2D eigenvalue weighted by molar-refractivity contribution is -0.127. The molecule has 0 fully saturated rings. The maximum atomic E-state index is 13.1. The number of nitrogens with zero attached hydrogens (tertiary/aromatic N) is 6. The van der Waals surface area contributed by atoms with Crippen LogP contribution in [0.4, 0.5) is 0 Å². The van der Waals surface area contributed by atoms with Crippen LogP contribution in [-0.4, -0.2) is 102 Å². The standard InChI is InChI=1S/C50H50Cl2N6O4S2/c1-6-48(59)57-28-40(38-23-44(51)63-42(38)30-57)37-13-9-8-12-35(37)32-15-17-47(53-25-32)62-22-20-56(5)27-34-11-10-14-36(33-16-18-46(54-26-33)61-21-19-55(3)4)50(34)41-29-58(49(60)7-2)31-43-39(41)24-45(52)64-43/h6-18,23-26,40-41H,1-2,19-22,27-31H2,3-5H3/t40-,41+/m1/s1. The molecular formula is C50H50Cl2N6O4S2. The van der Waals surface area contributed by atoms with Crippen molar-refractivity contribution in [1.82, 2.24) is 29.6 Å². The van der Waals surface area contributed by atoms with Crippen LogP contribution in [0.15, 0.2) is 117 Å². The van der Waals surface area contributed by atoms with Crippen molar-refractivity contribution in [2.75, 3.05) is 60.5 Å². The molecule has 0 bridgehead atoms. The lowest BCUT2D eigenvalue weighted by Gasteiger charge is -2.35. The first-order valence-electron chi connectivity index (χ1n) is 21.1. The fraction of sp³-hybridized carbons (Fsp3) is 0.280. The van der Waals surface area contributed by atoms with E-state index in [0.29, 0.717) is 72.9 Å². The summed E-state index contributed by atoms with van der Waals surface area (Å²) < 4.78 is 13.6. The third kappa shape index (κ3) is 10.1. The summed E-state index contributed by atoms with van der Waals surface area (Å²) in [6.45, 7) is 12.5. The first-order valence-corrected chi connectivity index (χ1v) is 23.5. The Morgan fingerprint density at radius 2 is 1.27 bits per heavy atom. The van der Waals surface area contributed by atoms with Gasteiger partial charge in [-0.1, -0.05) is 78.8 Å². The van der Waals surface area contributed by atoms with E-state index in [1.54, 1.807) is 0 Å². The molecule has 0 N–H and O–H groups in total. The monoisotopic (exact) mass is 932 g/mol. The Bertz CT molecular complexity index is 2650. The number of benzene rings is 2. The van der Waals surface area contributed by atoms with Gasteiger partial charge in [0.2, 0.25) is 23.6 Å².